The third-order valence-corrected chi connectivity index (χ3v) is 3.47. The van der Waals surface area contributed by atoms with Crippen LogP contribution < -0.4 is 5.32 Å². The van der Waals surface area contributed by atoms with Crippen molar-refractivity contribution in [3.63, 3.8) is 0 Å². The Bertz CT molecular complexity index is 691. The Labute approximate surface area is 123 Å². The Morgan fingerprint density at radius 2 is 2.05 bits per heavy atom. The van der Waals surface area contributed by atoms with E-state index in [1.54, 1.807) is 13.8 Å². The van der Waals surface area contributed by atoms with Crippen LogP contribution in [-0.4, -0.2) is 27.2 Å². The second-order valence-electron chi connectivity index (χ2n) is 5.11. The number of hydrogen-bond donors (Lipinski definition) is 1. The number of carbonyl (C=O) groups excluding carboxylic acids is 2. The summed E-state index contributed by atoms with van der Waals surface area (Å²) in [7, 11) is 0. The molecule has 0 aliphatic heterocycles. The van der Waals surface area contributed by atoms with Crippen LogP contribution in [-0.2, 0) is 4.79 Å². The Kier molecular flexibility index (Phi) is 4.16. The van der Waals surface area contributed by atoms with Crippen LogP contribution in [0.4, 0.5) is 5.69 Å². The Morgan fingerprint density at radius 1 is 1.33 bits per heavy atom. The SMILES string of the molecule is Cc1ccc(C)c(NC(=O)C(C)n2nnc(C=O)c2C)c1. The van der Waals surface area contributed by atoms with Gasteiger partial charge in [-0.2, -0.15) is 0 Å². The molecule has 0 fully saturated rings. The Hall–Kier alpha value is -2.50. The first-order valence-electron chi connectivity index (χ1n) is 6.69. The Morgan fingerprint density at radius 3 is 2.67 bits per heavy atom. The summed E-state index contributed by atoms with van der Waals surface area (Å²) in [6.07, 6.45) is 0.633. The number of nitrogens with zero attached hydrogens (tertiary/aromatic N) is 3. The lowest BCUT2D eigenvalue weighted by Crippen LogP contribution is -2.25. The van der Waals surface area contributed by atoms with Gasteiger partial charge in [0.25, 0.3) is 0 Å². The molecule has 0 bridgehead atoms. The van der Waals surface area contributed by atoms with Crippen LogP contribution in [0.1, 0.15) is 40.3 Å². The zero-order valence-corrected chi connectivity index (χ0v) is 12.5. The number of aromatic nitrogens is 3. The maximum absolute atomic E-state index is 12.3. The van der Waals surface area contributed by atoms with E-state index in [2.05, 4.69) is 15.6 Å². The minimum atomic E-state index is -0.550. The van der Waals surface area contributed by atoms with Crippen LogP contribution in [0.3, 0.4) is 0 Å². The number of nitrogens with one attached hydrogen (secondary N) is 1. The molecule has 1 heterocycles. The van der Waals surface area contributed by atoms with Crippen molar-refractivity contribution in [1.82, 2.24) is 15.0 Å². The van der Waals surface area contributed by atoms with Gasteiger partial charge in [-0.15, -0.1) is 5.10 Å². The Balaban J connectivity index is 2.21. The highest BCUT2D eigenvalue weighted by atomic mass is 16.2. The number of anilines is 1. The van der Waals surface area contributed by atoms with Crippen molar-refractivity contribution in [3.05, 3.63) is 40.7 Å². The average molecular weight is 286 g/mol. The van der Waals surface area contributed by atoms with Gasteiger partial charge in [0.1, 0.15) is 11.7 Å². The quantitative estimate of drug-likeness (QED) is 0.874. The van der Waals surface area contributed by atoms with Crippen molar-refractivity contribution < 1.29 is 9.59 Å². The molecule has 2 rings (SSSR count). The van der Waals surface area contributed by atoms with Gasteiger partial charge in [0.05, 0.1) is 5.69 Å². The smallest absolute Gasteiger partial charge is 0.249 e. The number of rotatable bonds is 4. The molecule has 0 aliphatic rings. The highest BCUT2D eigenvalue weighted by Crippen LogP contribution is 2.19. The molecule has 0 saturated heterocycles. The van der Waals surface area contributed by atoms with E-state index >= 15 is 0 Å². The molecule has 0 aliphatic carbocycles. The van der Waals surface area contributed by atoms with Crippen LogP contribution in [0, 0.1) is 20.8 Å². The third kappa shape index (κ3) is 2.99. The first-order chi connectivity index (χ1) is 9.93. The fourth-order valence-electron chi connectivity index (χ4n) is 2.05. The van der Waals surface area contributed by atoms with Crippen molar-refractivity contribution in [1.29, 1.82) is 0 Å². The lowest BCUT2D eigenvalue weighted by molar-refractivity contribution is -0.119. The first-order valence-corrected chi connectivity index (χ1v) is 6.69. The number of benzene rings is 1. The van der Waals surface area contributed by atoms with Gasteiger partial charge in [0, 0.05) is 5.69 Å². The van der Waals surface area contributed by atoms with Gasteiger partial charge in [-0.25, -0.2) is 4.68 Å². The topological polar surface area (TPSA) is 76.9 Å². The molecule has 1 aromatic carbocycles. The largest absolute Gasteiger partial charge is 0.324 e. The van der Waals surface area contributed by atoms with E-state index in [0.717, 1.165) is 16.8 Å². The molecule has 1 N–H and O–H groups in total. The molecule has 6 nitrogen and oxygen atoms in total. The maximum atomic E-state index is 12.3. The summed E-state index contributed by atoms with van der Waals surface area (Å²) in [5, 5.41) is 10.5. The van der Waals surface area contributed by atoms with E-state index in [1.165, 1.54) is 4.68 Å². The number of hydrogen-bond acceptors (Lipinski definition) is 4. The molecule has 6 heteroatoms. The molecule has 1 aromatic heterocycles. The summed E-state index contributed by atoms with van der Waals surface area (Å²) in [5.74, 6) is -0.200. The van der Waals surface area contributed by atoms with Crippen LogP contribution in [0.15, 0.2) is 18.2 Å². The standard InChI is InChI=1S/C15H18N4O2/c1-9-5-6-10(2)13(7-9)16-15(21)12(4)19-11(3)14(8-20)17-18-19/h5-8,12H,1-4H3,(H,16,21). The first kappa shape index (κ1) is 14.9. The lowest BCUT2D eigenvalue weighted by atomic mass is 10.1. The molecule has 1 atom stereocenters. The molecule has 0 radical (unpaired) electrons. The van der Waals surface area contributed by atoms with Crippen molar-refractivity contribution in [2.24, 2.45) is 0 Å². The molecule has 1 unspecified atom stereocenters. The highest BCUT2D eigenvalue weighted by Gasteiger charge is 2.20. The second kappa shape index (κ2) is 5.87. The van der Waals surface area contributed by atoms with E-state index in [9.17, 15) is 9.59 Å². The number of aryl methyl sites for hydroxylation is 2. The summed E-state index contributed by atoms with van der Waals surface area (Å²) >= 11 is 0. The molecular formula is C15H18N4O2. The van der Waals surface area contributed by atoms with Crippen LogP contribution in [0.25, 0.3) is 0 Å². The molecule has 1 amide bonds. The number of aldehydes is 1. The van der Waals surface area contributed by atoms with Crippen molar-refractivity contribution in [3.8, 4) is 0 Å². The predicted molar refractivity (Wildman–Crippen MR) is 79.4 cm³/mol. The van der Waals surface area contributed by atoms with Gasteiger partial charge < -0.3 is 5.32 Å². The summed E-state index contributed by atoms with van der Waals surface area (Å²) in [5.41, 5.74) is 3.67. The van der Waals surface area contributed by atoms with Gasteiger partial charge in [0.2, 0.25) is 5.91 Å². The predicted octanol–water partition coefficient (Wildman–Crippen LogP) is 2.22. The minimum Gasteiger partial charge on any atom is -0.324 e. The van der Waals surface area contributed by atoms with E-state index in [4.69, 9.17) is 0 Å². The third-order valence-electron chi connectivity index (χ3n) is 3.47. The molecule has 2 aromatic rings. The van der Waals surface area contributed by atoms with Gasteiger partial charge >= 0.3 is 0 Å². The van der Waals surface area contributed by atoms with Crippen molar-refractivity contribution >= 4 is 17.9 Å². The van der Waals surface area contributed by atoms with E-state index in [1.807, 2.05) is 32.0 Å². The van der Waals surface area contributed by atoms with Gasteiger partial charge in [-0.05, 0) is 44.9 Å². The van der Waals surface area contributed by atoms with Crippen molar-refractivity contribution in [2.45, 2.75) is 33.7 Å². The summed E-state index contributed by atoms with van der Waals surface area (Å²) in [6, 6.07) is 5.32. The van der Waals surface area contributed by atoms with E-state index in [-0.39, 0.29) is 11.6 Å². The summed E-state index contributed by atoms with van der Waals surface area (Å²) < 4.78 is 1.45. The van der Waals surface area contributed by atoms with E-state index in [0.29, 0.717) is 12.0 Å². The lowest BCUT2D eigenvalue weighted by Gasteiger charge is -2.15. The van der Waals surface area contributed by atoms with Gasteiger partial charge in [-0.1, -0.05) is 17.3 Å². The number of amides is 1. The van der Waals surface area contributed by atoms with Crippen LogP contribution >= 0.6 is 0 Å². The monoisotopic (exact) mass is 286 g/mol. The average Bonchev–Trinajstić information content (AvgIpc) is 2.83. The highest BCUT2D eigenvalue weighted by molar-refractivity contribution is 5.94. The fraction of sp³-hybridized carbons (Fsp3) is 0.333. The van der Waals surface area contributed by atoms with Crippen LogP contribution in [0.5, 0.6) is 0 Å². The molecule has 21 heavy (non-hydrogen) atoms. The molecule has 110 valence electrons. The van der Waals surface area contributed by atoms with Gasteiger partial charge in [0.15, 0.2) is 6.29 Å². The summed E-state index contributed by atoms with van der Waals surface area (Å²) in [6.45, 7) is 7.34. The van der Waals surface area contributed by atoms with Gasteiger partial charge in [-0.3, -0.25) is 9.59 Å². The van der Waals surface area contributed by atoms with Crippen molar-refractivity contribution in [2.75, 3.05) is 5.32 Å². The molecule has 0 spiro atoms. The van der Waals surface area contributed by atoms with E-state index < -0.39 is 6.04 Å². The molecular weight excluding hydrogens is 268 g/mol. The zero-order chi connectivity index (χ0) is 15.6. The minimum absolute atomic E-state index is 0.200. The normalized spacial score (nSPS) is 12.0. The second-order valence-corrected chi connectivity index (χ2v) is 5.11. The number of carbonyl (C=O) groups is 2. The fourth-order valence-corrected chi connectivity index (χ4v) is 2.05. The molecule has 0 saturated carbocycles. The zero-order valence-electron chi connectivity index (χ0n) is 12.5. The maximum Gasteiger partial charge on any atom is 0.249 e. The summed E-state index contributed by atoms with van der Waals surface area (Å²) in [4.78, 5) is 23.1. The van der Waals surface area contributed by atoms with Crippen LogP contribution in [0.2, 0.25) is 0 Å².